The lowest BCUT2D eigenvalue weighted by atomic mass is 10.2. The van der Waals surface area contributed by atoms with Crippen LogP contribution in [0.2, 0.25) is 0 Å². The molecule has 162 valence electrons. The SMILES string of the molecule is COc1ccc(CN(C(=O)Nc2ccccc2)c2nnc3n2CCCCC3)c(OC)c1. The molecule has 8 heteroatoms. The van der Waals surface area contributed by atoms with Gasteiger partial charge in [0.1, 0.15) is 17.3 Å². The summed E-state index contributed by atoms with van der Waals surface area (Å²) in [7, 11) is 3.22. The molecule has 2 amide bonds. The third kappa shape index (κ3) is 4.63. The Morgan fingerprint density at radius 1 is 1.06 bits per heavy atom. The van der Waals surface area contributed by atoms with Gasteiger partial charge in [0.05, 0.1) is 20.8 Å². The fraction of sp³-hybridized carbons (Fsp3) is 0.348. The molecule has 3 aromatic rings. The minimum atomic E-state index is -0.275. The standard InChI is InChI=1S/C23H27N5O3/c1-30-19-13-12-17(20(15-19)31-2)16-28(23(29)24-18-9-5-3-6-10-18)22-26-25-21-11-7-4-8-14-27(21)22/h3,5-6,9-10,12-13,15H,4,7-8,11,14,16H2,1-2H3,(H,24,29). The summed E-state index contributed by atoms with van der Waals surface area (Å²) in [6.07, 6.45) is 4.14. The van der Waals surface area contributed by atoms with E-state index in [9.17, 15) is 4.79 Å². The highest BCUT2D eigenvalue weighted by molar-refractivity contribution is 6.00. The molecule has 1 aliphatic rings. The first-order valence-corrected chi connectivity index (χ1v) is 10.5. The zero-order valence-electron chi connectivity index (χ0n) is 17.9. The molecule has 0 bridgehead atoms. The van der Waals surface area contributed by atoms with E-state index < -0.39 is 0 Å². The van der Waals surface area contributed by atoms with Crippen LogP contribution < -0.4 is 19.7 Å². The zero-order chi connectivity index (χ0) is 21.6. The van der Waals surface area contributed by atoms with Crippen LogP contribution in [0.5, 0.6) is 11.5 Å². The Balaban J connectivity index is 1.70. The molecule has 1 aliphatic heterocycles. The van der Waals surface area contributed by atoms with E-state index in [0.29, 0.717) is 17.4 Å². The molecule has 0 spiro atoms. The van der Waals surface area contributed by atoms with Crippen molar-refractivity contribution in [1.29, 1.82) is 0 Å². The number of hydrogen-bond acceptors (Lipinski definition) is 5. The van der Waals surface area contributed by atoms with Gasteiger partial charge >= 0.3 is 6.03 Å². The van der Waals surface area contributed by atoms with E-state index in [1.54, 1.807) is 19.1 Å². The van der Waals surface area contributed by atoms with E-state index in [2.05, 4.69) is 20.1 Å². The van der Waals surface area contributed by atoms with E-state index in [0.717, 1.165) is 49.3 Å². The van der Waals surface area contributed by atoms with Gasteiger partial charge in [0.15, 0.2) is 0 Å². The number of rotatable bonds is 6. The number of fused-ring (bicyclic) bond motifs is 1. The highest BCUT2D eigenvalue weighted by Gasteiger charge is 2.26. The van der Waals surface area contributed by atoms with Crippen LogP contribution in [0.3, 0.4) is 0 Å². The van der Waals surface area contributed by atoms with Crippen molar-refractivity contribution in [3.8, 4) is 11.5 Å². The summed E-state index contributed by atoms with van der Waals surface area (Å²) in [5.41, 5.74) is 1.56. The fourth-order valence-electron chi connectivity index (χ4n) is 3.77. The summed E-state index contributed by atoms with van der Waals surface area (Å²) < 4.78 is 12.9. The van der Waals surface area contributed by atoms with E-state index in [1.165, 1.54) is 0 Å². The van der Waals surface area contributed by atoms with Crippen LogP contribution in [-0.4, -0.2) is 35.0 Å². The van der Waals surface area contributed by atoms with Crippen LogP contribution in [0.1, 0.15) is 30.7 Å². The zero-order valence-corrected chi connectivity index (χ0v) is 17.9. The second-order valence-corrected chi connectivity index (χ2v) is 7.44. The summed E-state index contributed by atoms with van der Waals surface area (Å²) in [6, 6.07) is 14.7. The van der Waals surface area contributed by atoms with E-state index >= 15 is 0 Å². The van der Waals surface area contributed by atoms with Gasteiger partial charge in [-0.15, -0.1) is 10.2 Å². The lowest BCUT2D eigenvalue weighted by Crippen LogP contribution is -2.36. The van der Waals surface area contributed by atoms with Crippen molar-refractivity contribution in [2.75, 3.05) is 24.4 Å². The third-order valence-corrected chi connectivity index (χ3v) is 5.42. The average Bonchev–Trinajstić information content (AvgIpc) is 3.05. The molecule has 4 rings (SSSR count). The van der Waals surface area contributed by atoms with Crippen LogP contribution in [0.4, 0.5) is 16.4 Å². The van der Waals surface area contributed by atoms with E-state index in [-0.39, 0.29) is 12.6 Å². The van der Waals surface area contributed by atoms with Gasteiger partial charge in [0.2, 0.25) is 5.95 Å². The number of urea groups is 1. The summed E-state index contributed by atoms with van der Waals surface area (Å²) in [6.45, 7) is 1.08. The fourth-order valence-corrected chi connectivity index (χ4v) is 3.77. The molecule has 1 N–H and O–H groups in total. The van der Waals surface area contributed by atoms with Crippen molar-refractivity contribution < 1.29 is 14.3 Å². The van der Waals surface area contributed by atoms with Crippen molar-refractivity contribution in [2.45, 2.75) is 38.8 Å². The average molecular weight is 422 g/mol. The van der Waals surface area contributed by atoms with Gasteiger partial charge in [-0.1, -0.05) is 24.6 Å². The number of benzene rings is 2. The molecule has 2 aromatic carbocycles. The lowest BCUT2D eigenvalue weighted by Gasteiger charge is -2.24. The predicted molar refractivity (Wildman–Crippen MR) is 119 cm³/mol. The van der Waals surface area contributed by atoms with Gasteiger partial charge < -0.3 is 14.8 Å². The Morgan fingerprint density at radius 2 is 1.90 bits per heavy atom. The molecular weight excluding hydrogens is 394 g/mol. The number of anilines is 2. The van der Waals surface area contributed by atoms with Crippen LogP contribution >= 0.6 is 0 Å². The molecule has 0 saturated carbocycles. The second-order valence-electron chi connectivity index (χ2n) is 7.44. The number of hydrogen-bond donors (Lipinski definition) is 1. The number of nitrogens with zero attached hydrogens (tertiary/aromatic N) is 4. The summed E-state index contributed by atoms with van der Waals surface area (Å²) >= 11 is 0. The van der Waals surface area contributed by atoms with Gasteiger partial charge in [-0.3, -0.25) is 9.47 Å². The van der Waals surface area contributed by atoms with Crippen LogP contribution in [-0.2, 0) is 19.5 Å². The number of aromatic nitrogens is 3. The number of para-hydroxylation sites is 1. The van der Waals surface area contributed by atoms with Crippen molar-refractivity contribution >= 4 is 17.7 Å². The largest absolute Gasteiger partial charge is 0.497 e. The Hall–Kier alpha value is -3.55. The Bertz CT molecular complexity index is 1030. The molecule has 1 aromatic heterocycles. The van der Waals surface area contributed by atoms with Crippen LogP contribution in [0.15, 0.2) is 48.5 Å². The summed E-state index contributed by atoms with van der Waals surface area (Å²) in [4.78, 5) is 15.0. The predicted octanol–water partition coefficient (Wildman–Crippen LogP) is 4.26. The Morgan fingerprint density at radius 3 is 2.68 bits per heavy atom. The molecule has 31 heavy (non-hydrogen) atoms. The third-order valence-electron chi connectivity index (χ3n) is 5.42. The van der Waals surface area contributed by atoms with Crippen molar-refractivity contribution in [2.24, 2.45) is 0 Å². The normalized spacial score (nSPS) is 13.1. The van der Waals surface area contributed by atoms with E-state index in [1.807, 2.05) is 48.5 Å². The van der Waals surface area contributed by atoms with Crippen molar-refractivity contribution in [3.05, 3.63) is 59.9 Å². The first kappa shape index (κ1) is 20.7. The minimum Gasteiger partial charge on any atom is -0.497 e. The maximum absolute atomic E-state index is 13.4. The number of ether oxygens (including phenoxy) is 2. The maximum atomic E-state index is 13.4. The number of methoxy groups -OCH3 is 2. The lowest BCUT2D eigenvalue weighted by molar-refractivity contribution is 0.256. The first-order chi connectivity index (χ1) is 15.2. The molecule has 2 heterocycles. The highest BCUT2D eigenvalue weighted by atomic mass is 16.5. The number of amides is 2. The van der Waals surface area contributed by atoms with E-state index in [4.69, 9.17) is 9.47 Å². The Labute approximate surface area is 181 Å². The van der Waals surface area contributed by atoms with Gasteiger partial charge in [-0.25, -0.2) is 4.79 Å². The van der Waals surface area contributed by atoms with Gasteiger partial charge in [-0.05, 0) is 37.1 Å². The molecule has 0 aliphatic carbocycles. The number of carbonyl (C=O) groups excluding carboxylic acids is 1. The number of nitrogens with one attached hydrogen (secondary N) is 1. The molecule has 8 nitrogen and oxygen atoms in total. The minimum absolute atomic E-state index is 0.275. The quantitative estimate of drug-likeness (QED) is 0.643. The first-order valence-electron chi connectivity index (χ1n) is 10.5. The van der Waals surface area contributed by atoms with Crippen LogP contribution in [0.25, 0.3) is 0 Å². The summed E-state index contributed by atoms with van der Waals surface area (Å²) in [5, 5.41) is 11.8. The summed E-state index contributed by atoms with van der Waals surface area (Å²) in [5.74, 6) is 2.81. The van der Waals surface area contributed by atoms with Crippen LogP contribution in [0, 0.1) is 0 Å². The molecule has 0 unspecified atom stereocenters. The highest BCUT2D eigenvalue weighted by Crippen LogP contribution is 2.28. The smallest absolute Gasteiger partial charge is 0.329 e. The van der Waals surface area contributed by atoms with Crippen molar-refractivity contribution in [3.63, 3.8) is 0 Å². The second kappa shape index (κ2) is 9.51. The van der Waals surface area contributed by atoms with Gasteiger partial charge in [0.25, 0.3) is 0 Å². The maximum Gasteiger partial charge on any atom is 0.329 e. The van der Waals surface area contributed by atoms with Gasteiger partial charge in [-0.2, -0.15) is 0 Å². The molecule has 0 saturated heterocycles. The molecular formula is C23H27N5O3. The van der Waals surface area contributed by atoms with Crippen molar-refractivity contribution in [1.82, 2.24) is 14.8 Å². The molecule has 0 atom stereocenters. The molecule has 0 radical (unpaired) electrons. The number of aryl methyl sites for hydroxylation is 1. The topological polar surface area (TPSA) is 81.5 Å². The van der Waals surface area contributed by atoms with Gasteiger partial charge in [0, 0.05) is 30.3 Å². The Kier molecular flexibility index (Phi) is 6.35. The molecule has 0 fully saturated rings. The monoisotopic (exact) mass is 421 g/mol. The number of carbonyl (C=O) groups is 1.